The van der Waals surface area contributed by atoms with E-state index in [4.69, 9.17) is 14.2 Å². The summed E-state index contributed by atoms with van der Waals surface area (Å²) in [5.74, 6) is -4.19. The van der Waals surface area contributed by atoms with E-state index >= 15 is 4.39 Å². The number of ether oxygens (including phenoxy) is 3. The van der Waals surface area contributed by atoms with E-state index in [9.17, 15) is 28.2 Å². The number of carboxylic acid groups (broad SMARTS) is 1. The summed E-state index contributed by atoms with van der Waals surface area (Å²) in [5, 5.41) is 21.7. The number of pyridine rings is 2. The topological polar surface area (TPSA) is 114 Å². The molecule has 1 atom stereocenters. The van der Waals surface area contributed by atoms with Gasteiger partial charge in [0.1, 0.15) is 11.8 Å². The molecule has 1 aromatic carbocycles. The van der Waals surface area contributed by atoms with Crippen molar-refractivity contribution in [3.63, 3.8) is 0 Å². The number of hydrogen-bond donors (Lipinski definition) is 2. The Hall–Kier alpha value is -3.81. The highest BCUT2D eigenvalue weighted by atomic mass is 19.4. The van der Waals surface area contributed by atoms with Crippen molar-refractivity contribution in [3.8, 4) is 11.6 Å². The molecular weight excluding hydrogens is 622 g/mol. The molecule has 2 aliphatic carbocycles. The van der Waals surface area contributed by atoms with Gasteiger partial charge in [0, 0.05) is 62.2 Å². The number of carboxylic acids is 1. The van der Waals surface area contributed by atoms with E-state index in [0.29, 0.717) is 24.5 Å². The molecule has 47 heavy (non-hydrogen) atoms. The Morgan fingerprint density at radius 1 is 1.04 bits per heavy atom. The Labute approximate surface area is 270 Å². The minimum Gasteiger partial charge on any atom is -0.478 e. The zero-order valence-corrected chi connectivity index (χ0v) is 26.3. The van der Waals surface area contributed by atoms with Gasteiger partial charge in [-0.15, -0.1) is 0 Å². The maximum absolute atomic E-state index is 15.8. The van der Waals surface area contributed by atoms with Crippen LogP contribution in [0.5, 0.6) is 11.6 Å². The van der Waals surface area contributed by atoms with Gasteiger partial charge in [0.2, 0.25) is 5.88 Å². The molecule has 2 N–H and O–H groups in total. The van der Waals surface area contributed by atoms with Crippen LogP contribution in [0.4, 0.5) is 23.2 Å². The van der Waals surface area contributed by atoms with Crippen molar-refractivity contribution in [2.24, 2.45) is 5.92 Å². The van der Waals surface area contributed by atoms with E-state index in [1.807, 2.05) is 12.1 Å². The highest BCUT2D eigenvalue weighted by Crippen LogP contribution is 2.41. The molecule has 2 heterocycles. The second-order valence-corrected chi connectivity index (χ2v) is 12.2. The highest BCUT2D eigenvalue weighted by Gasteiger charge is 2.38. The molecule has 1 unspecified atom stereocenters. The van der Waals surface area contributed by atoms with Crippen LogP contribution in [-0.4, -0.2) is 65.9 Å². The van der Waals surface area contributed by atoms with E-state index in [-0.39, 0.29) is 36.8 Å². The van der Waals surface area contributed by atoms with Crippen LogP contribution in [0, 0.1) is 11.7 Å². The summed E-state index contributed by atoms with van der Waals surface area (Å²) >= 11 is 0. The Bertz CT molecular complexity index is 1540. The van der Waals surface area contributed by atoms with Crippen LogP contribution in [0.15, 0.2) is 42.6 Å². The molecule has 254 valence electrons. The zero-order valence-electron chi connectivity index (χ0n) is 26.3. The third-order valence-electron chi connectivity index (χ3n) is 8.66. The second kappa shape index (κ2) is 15.0. The molecule has 0 radical (unpaired) electrons. The SMILES string of the molecule is COCC(COC)N(c1cc(F)c(Oc2ncc(Cc3cccc(C4CC4)n3)cc2C(F)(F)F)cc1C(=O)O)C(O)C1CCCCC1. The van der Waals surface area contributed by atoms with Gasteiger partial charge in [-0.25, -0.2) is 14.2 Å². The molecule has 2 saturated carbocycles. The lowest BCUT2D eigenvalue weighted by molar-refractivity contribution is -0.139. The Morgan fingerprint density at radius 2 is 1.74 bits per heavy atom. The van der Waals surface area contributed by atoms with E-state index < -0.39 is 53.0 Å². The van der Waals surface area contributed by atoms with E-state index in [1.165, 1.54) is 25.3 Å². The van der Waals surface area contributed by atoms with Crippen molar-refractivity contribution in [1.29, 1.82) is 0 Å². The van der Waals surface area contributed by atoms with Crippen LogP contribution < -0.4 is 9.64 Å². The first-order valence-electron chi connectivity index (χ1n) is 15.7. The van der Waals surface area contributed by atoms with Gasteiger partial charge in [0.05, 0.1) is 30.5 Å². The minimum absolute atomic E-state index is 0.0160. The van der Waals surface area contributed by atoms with Crippen molar-refractivity contribution < 1.29 is 46.8 Å². The number of aliphatic hydroxyl groups excluding tert-OH is 1. The Kier molecular flexibility index (Phi) is 11.0. The Morgan fingerprint density at radius 3 is 2.36 bits per heavy atom. The summed E-state index contributed by atoms with van der Waals surface area (Å²) in [6.07, 6.45) is 1.34. The molecule has 3 aromatic rings. The van der Waals surface area contributed by atoms with Crippen molar-refractivity contribution in [2.75, 3.05) is 32.3 Å². The summed E-state index contributed by atoms with van der Waals surface area (Å²) in [4.78, 5) is 22.4. The van der Waals surface area contributed by atoms with Crippen LogP contribution in [0.1, 0.15) is 83.7 Å². The number of anilines is 1. The standard InChI is InChI=1S/C34H39F4N3O6/c1-45-18-24(19-46-2)41(32(42)22-7-4-3-5-8-22)29-16-27(35)30(15-25(29)33(43)44)47-31-26(34(36,37)38)14-20(17-39-31)13-23-9-6-10-28(40-23)21-11-12-21/h6,9-10,14-17,21-22,24,32,42H,3-5,7-8,11-13,18-19H2,1-2H3,(H,43,44). The molecule has 0 amide bonds. The maximum Gasteiger partial charge on any atom is 0.421 e. The largest absolute Gasteiger partial charge is 0.478 e. The van der Waals surface area contributed by atoms with Crippen LogP contribution in [-0.2, 0) is 22.1 Å². The number of aromatic carboxylic acids is 1. The summed E-state index contributed by atoms with van der Waals surface area (Å²) in [5.41, 5.74) is -0.198. The number of rotatable bonds is 14. The van der Waals surface area contributed by atoms with Crippen molar-refractivity contribution in [1.82, 2.24) is 9.97 Å². The quantitative estimate of drug-likeness (QED) is 0.140. The van der Waals surface area contributed by atoms with Crippen LogP contribution in [0.2, 0.25) is 0 Å². The molecule has 0 saturated heterocycles. The number of aromatic nitrogens is 2. The summed E-state index contributed by atoms with van der Waals surface area (Å²) in [6.45, 7) is 0.0321. The number of nitrogens with zero attached hydrogens (tertiary/aromatic N) is 3. The maximum atomic E-state index is 15.8. The second-order valence-electron chi connectivity index (χ2n) is 12.2. The summed E-state index contributed by atoms with van der Waals surface area (Å²) in [7, 11) is 2.86. The molecule has 2 aromatic heterocycles. The molecular formula is C34H39F4N3O6. The van der Waals surface area contributed by atoms with Crippen LogP contribution in [0.3, 0.4) is 0 Å². The number of methoxy groups -OCH3 is 2. The lowest BCUT2D eigenvalue weighted by Gasteiger charge is -2.41. The monoisotopic (exact) mass is 661 g/mol. The molecule has 5 rings (SSSR count). The van der Waals surface area contributed by atoms with Gasteiger partial charge in [0.15, 0.2) is 11.6 Å². The van der Waals surface area contributed by atoms with Crippen LogP contribution >= 0.6 is 0 Å². The predicted molar refractivity (Wildman–Crippen MR) is 164 cm³/mol. The highest BCUT2D eigenvalue weighted by molar-refractivity contribution is 5.95. The fraction of sp³-hybridized carbons (Fsp3) is 0.500. The lowest BCUT2D eigenvalue weighted by atomic mass is 9.87. The van der Waals surface area contributed by atoms with Gasteiger partial charge in [0.25, 0.3) is 0 Å². The average molecular weight is 662 g/mol. The average Bonchev–Trinajstić information content (AvgIpc) is 3.89. The molecule has 0 aliphatic heterocycles. The van der Waals surface area contributed by atoms with Crippen molar-refractivity contribution in [3.05, 3.63) is 76.5 Å². The van der Waals surface area contributed by atoms with Gasteiger partial charge in [-0.2, -0.15) is 13.2 Å². The minimum atomic E-state index is -4.91. The third kappa shape index (κ3) is 8.38. The molecule has 9 nitrogen and oxygen atoms in total. The smallest absolute Gasteiger partial charge is 0.421 e. The number of alkyl halides is 3. The first-order chi connectivity index (χ1) is 22.5. The fourth-order valence-electron chi connectivity index (χ4n) is 6.21. The first kappa shape index (κ1) is 34.5. The van der Waals surface area contributed by atoms with Gasteiger partial charge in [-0.05, 0) is 49.4 Å². The van der Waals surface area contributed by atoms with Crippen molar-refractivity contribution >= 4 is 11.7 Å². The summed E-state index contributed by atoms with van der Waals surface area (Å²) < 4.78 is 74.5. The third-order valence-corrected chi connectivity index (χ3v) is 8.66. The van der Waals surface area contributed by atoms with Gasteiger partial charge >= 0.3 is 12.1 Å². The molecule has 2 fully saturated rings. The predicted octanol–water partition coefficient (Wildman–Crippen LogP) is 6.96. The zero-order chi connectivity index (χ0) is 33.7. The molecule has 13 heteroatoms. The molecule has 0 bridgehead atoms. The lowest BCUT2D eigenvalue weighted by Crippen LogP contribution is -2.52. The summed E-state index contributed by atoms with van der Waals surface area (Å²) in [6, 6.07) is 7.27. The van der Waals surface area contributed by atoms with Crippen molar-refractivity contribution in [2.45, 2.75) is 75.7 Å². The molecule has 2 aliphatic rings. The van der Waals surface area contributed by atoms with Gasteiger partial charge < -0.3 is 29.3 Å². The Balaban J connectivity index is 1.49. The number of halogens is 4. The number of carbonyl (C=O) groups is 1. The number of benzene rings is 1. The normalized spacial score (nSPS) is 16.3. The van der Waals surface area contributed by atoms with Gasteiger partial charge in [-0.1, -0.05) is 25.3 Å². The van der Waals surface area contributed by atoms with E-state index in [0.717, 1.165) is 56.0 Å². The van der Waals surface area contributed by atoms with Crippen LogP contribution in [0.25, 0.3) is 0 Å². The van der Waals surface area contributed by atoms with E-state index in [1.54, 1.807) is 6.07 Å². The van der Waals surface area contributed by atoms with E-state index in [2.05, 4.69) is 9.97 Å². The number of hydrogen-bond acceptors (Lipinski definition) is 8. The number of aliphatic hydroxyl groups is 1. The molecule has 0 spiro atoms. The fourth-order valence-corrected chi connectivity index (χ4v) is 6.21. The first-order valence-corrected chi connectivity index (χ1v) is 15.7. The van der Waals surface area contributed by atoms with Gasteiger partial charge in [-0.3, -0.25) is 4.98 Å².